The molecule has 4 heterocycles. The van der Waals surface area contributed by atoms with Crippen LogP contribution in [0.15, 0.2) is 97.1 Å². The second-order valence-corrected chi connectivity index (χ2v) is 19.4. The van der Waals surface area contributed by atoms with Crippen molar-refractivity contribution in [3.63, 3.8) is 0 Å². The largest absolute Gasteiger partial charge is 0.478 e. The van der Waals surface area contributed by atoms with Crippen molar-refractivity contribution < 1.29 is 33.8 Å². The van der Waals surface area contributed by atoms with Gasteiger partial charge in [-0.1, -0.05) is 44.5 Å². The highest BCUT2D eigenvalue weighted by molar-refractivity contribution is 6.04. The fourth-order valence-electron chi connectivity index (χ4n) is 9.97. The van der Waals surface area contributed by atoms with E-state index in [0.717, 1.165) is 107 Å². The highest BCUT2D eigenvalue weighted by Crippen LogP contribution is 2.31. The minimum absolute atomic E-state index is 0.0730. The van der Waals surface area contributed by atoms with Crippen LogP contribution in [0, 0.1) is 0 Å². The number of aromatic carboxylic acids is 1. The van der Waals surface area contributed by atoms with Gasteiger partial charge in [0.25, 0.3) is 5.91 Å². The minimum atomic E-state index is -0.952. The Morgan fingerprint density at radius 1 is 0.507 bits per heavy atom. The number of ether oxygens (including phenoxy) is 2. The summed E-state index contributed by atoms with van der Waals surface area (Å²) in [6, 6.07) is 30.4. The number of nitrogens with one attached hydrogen (secondary N) is 2. The van der Waals surface area contributed by atoms with E-state index in [0.29, 0.717) is 36.8 Å². The lowest BCUT2D eigenvalue weighted by molar-refractivity contribution is 0.0660. The number of hydrogen-bond donors (Lipinski definition) is 3. The molecule has 384 valence electrons. The zero-order valence-corrected chi connectivity index (χ0v) is 43.2. The Labute approximate surface area is 422 Å². The van der Waals surface area contributed by atoms with Crippen LogP contribution >= 0.6 is 0 Å². The fourth-order valence-corrected chi connectivity index (χ4v) is 9.97. The molecule has 2 atom stereocenters. The summed E-state index contributed by atoms with van der Waals surface area (Å²) in [6.45, 7) is 16.1. The molecular weight excluding hydrogens is 895 g/mol. The molecular formula is C57H79N7O7. The number of piperidine rings is 1. The Morgan fingerprint density at radius 3 is 1.20 bits per heavy atom. The predicted molar refractivity (Wildman–Crippen MR) is 284 cm³/mol. The summed E-state index contributed by atoms with van der Waals surface area (Å²) in [4.78, 5) is 61.9. The molecule has 0 spiro atoms. The highest BCUT2D eigenvalue weighted by Gasteiger charge is 2.41. The van der Waals surface area contributed by atoms with Crippen molar-refractivity contribution in [1.82, 2.24) is 25.3 Å². The van der Waals surface area contributed by atoms with Gasteiger partial charge in [0.15, 0.2) is 11.6 Å². The van der Waals surface area contributed by atoms with E-state index in [1.54, 1.807) is 24.3 Å². The van der Waals surface area contributed by atoms with Crippen molar-refractivity contribution in [1.29, 1.82) is 0 Å². The van der Waals surface area contributed by atoms with Crippen LogP contribution in [0.5, 0.6) is 0 Å². The van der Waals surface area contributed by atoms with Crippen molar-refractivity contribution >= 4 is 34.8 Å². The number of carbonyl (C=O) groups is 4. The molecule has 2 unspecified atom stereocenters. The molecule has 8 rings (SSSR count). The average Bonchev–Trinajstić information content (AvgIpc) is 3.43. The number of anilines is 2. The lowest BCUT2D eigenvalue weighted by Gasteiger charge is -2.38. The Hall–Kier alpha value is -5.48. The summed E-state index contributed by atoms with van der Waals surface area (Å²) in [5.41, 5.74) is 5.21. The Morgan fingerprint density at radius 2 is 0.873 bits per heavy atom. The van der Waals surface area contributed by atoms with Crippen LogP contribution < -0.4 is 20.4 Å². The number of carboxylic acids is 1. The Balaban J connectivity index is 0.000000209. The third-order valence-corrected chi connectivity index (χ3v) is 14.7. The molecule has 71 heavy (non-hydrogen) atoms. The lowest BCUT2D eigenvalue weighted by atomic mass is 9.80. The average molecular weight is 974 g/mol. The van der Waals surface area contributed by atoms with Crippen LogP contribution in [-0.4, -0.2) is 174 Å². The Kier molecular flexibility index (Phi) is 20.7. The number of morpholine rings is 2. The first-order valence-corrected chi connectivity index (χ1v) is 25.7. The number of rotatable bonds is 16. The molecule has 0 saturated carbocycles. The maximum atomic E-state index is 13.9. The van der Waals surface area contributed by atoms with Gasteiger partial charge in [0.2, 0.25) is 0 Å². The van der Waals surface area contributed by atoms with Gasteiger partial charge in [-0.3, -0.25) is 24.2 Å². The second-order valence-electron chi connectivity index (χ2n) is 19.4. The van der Waals surface area contributed by atoms with Gasteiger partial charge in [0, 0.05) is 80.4 Å². The number of likely N-dealkylation sites (N-methyl/N-ethyl adjacent to an activating group) is 2. The molecule has 14 heteroatoms. The van der Waals surface area contributed by atoms with Gasteiger partial charge >= 0.3 is 5.97 Å². The second kappa shape index (κ2) is 26.8. The third-order valence-electron chi connectivity index (χ3n) is 14.7. The lowest BCUT2D eigenvalue weighted by Crippen LogP contribution is -2.52. The van der Waals surface area contributed by atoms with Gasteiger partial charge in [-0.2, -0.15) is 0 Å². The van der Waals surface area contributed by atoms with Crippen LogP contribution in [0.4, 0.5) is 11.4 Å². The summed E-state index contributed by atoms with van der Waals surface area (Å²) < 4.78 is 10.9. The van der Waals surface area contributed by atoms with E-state index < -0.39 is 17.0 Å². The smallest absolute Gasteiger partial charge is 0.335 e. The summed E-state index contributed by atoms with van der Waals surface area (Å²) >= 11 is 0. The van der Waals surface area contributed by atoms with Crippen molar-refractivity contribution in [2.75, 3.05) is 130 Å². The van der Waals surface area contributed by atoms with E-state index in [1.807, 2.05) is 123 Å². The maximum Gasteiger partial charge on any atom is 0.335 e. The molecule has 4 saturated heterocycles. The molecule has 4 aliphatic rings. The number of carboxylic acid groups (broad SMARTS) is 1. The summed E-state index contributed by atoms with van der Waals surface area (Å²) in [5, 5.41) is 15.7. The van der Waals surface area contributed by atoms with Crippen LogP contribution in [0.25, 0.3) is 0 Å². The number of piperazine rings is 1. The fraction of sp³-hybridized carbons (Fsp3) is 0.509. The van der Waals surface area contributed by atoms with Crippen LogP contribution in [0.1, 0.15) is 98.5 Å². The minimum Gasteiger partial charge on any atom is -0.478 e. The van der Waals surface area contributed by atoms with Gasteiger partial charge in [-0.25, -0.2) is 4.79 Å². The topological polar surface area (TPSA) is 147 Å². The van der Waals surface area contributed by atoms with E-state index >= 15 is 0 Å². The Bertz CT molecular complexity index is 2270. The zero-order chi connectivity index (χ0) is 50.8. The predicted octanol–water partition coefficient (Wildman–Crippen LogP) is 6.82. The SMILES string of the molecule is C1CCNCC1.CCC(Cc1ccc(C(=O)N2CCNCC2)cc1)(C(=O)c1ccc(N2CCOCC2)cc1)N(C)C.CCC(Cc1ccc(C(=O)O)cc1)(C(=O)c1ccc(N2CCOCC2)cc1)N(C)C. The molecule has 3 N–H and O–H groups in total. The third kappa shape index (κ3) is 14.4. The van der Waals surface area contributed by atoms with Crippen molar-refractivity contribution in [2.24, 2.45) is 0 Å². The molecule has 0 radical (unpaired) electrons. The number of benzene rings is 4. The van der Waals surface area contributed by atoms with Gasteiger partial charge in [0.1, 0.15) is 0 Å². The van der Waals surface area contributed by atoms with E-state index in [2.05, 4.69) is 27.4 Å². The van der Waals surface area contributed by atoms with Crippen LogP contribution in [0.3, 0.4) is 0 Å². The van der Waals surface area contributed by atoms with Crippen molar-refractivity contribution in [3.05, 3.63) is 130 Å². The van der Waals surface area contributed by atoms with Crippen molar-refractivity contribution in [2.45, 2.75) is 69.9 Å². The van der Waals surface area contributed by atoms with Crippen molar-refractivity contribution in [3.8, 4) is 0 Å². The number of Topliss-reactive ketones (excluding diaryl/α,β-unsaturated/α-hetero) is 2. The summed E-state index contributed by atoms with van der Waals surface area (Å²) in [6.07, 6.45) is 6.65. The van der Waals surface area contributed by atoms with Crippen LogP contribution in [-0.2, 0) is 22.3 Å². The molecule has 0 bridgehead atoms. The first kappa shape index (κ1) is 54.8. The van der Waals surface area contributed by atoms with E-state index in [4.69, 9.17) is 14.6 Å². The van der Waals surface area contributed by atoms with Gasteiger partial charge in [-0.15, -0.1) is 0 Å². The quantitative estimate of drug-likeness (QED) is 0.101. The maximum absolute atomic E-state index is 13.9. The van der Waals surface area contributed by atoms with Gasteiger partial charge < -0.3 is 39.9 Å². The molecule has 0 aliphatic carbocycles. The summed E-state index contributed by atoms with van der Waals surface area (Å²) in [7, 11) is 7.81. The van der Waals surface area contributed by atoms with E-state index in [1.165, 1.54) is 32.4 Å². The number of nitrogens with zero attached hydrogens (tertiary/aromatic N) is 5. The normalized spacial score (nSPS) is 18.0. The number of hydrogen-bond acceptors (Lipinski definition) is 12. The molecule has 4 aromatic rings. The summed E-state index contributed by atoms with van der Waals surface area (Å²) in [5.74, 6) is -0.679. The first-order valence-electron chi connectivity index (χ1n) is 25.7. The monoisotopic (exact) mass is 974 g/mol. The van der Waals surface area contributed by atoms with Crippen LogP contribution in [0.2, 0.25) is 0 Å². The first-order chi connectivity index (χ1) is 34.3. The number of ketones is 2. The number of carbonyl (C=O) groups excluding carboxylic acids is 3. The molecule has 4 aromatic carbocycles. The molecule has 1 amide bonds. The molecule has 4 aliphatic heterocycles. The van der Waals surface area contributed by atoms with Gasteiger partial charge in [0.05, 0.1) is 43.1 Å². The molecule has 14 nitrogen and oxygen atoms in total. The number of amides is 1. The van der Waals surface area contributed by atoms with E-state index in [-0.39, 0.29) is 23.0 Å². The molecule has 4 fully saturated rings. The molecule has 0 aromatic heterocycles. The highest BCUT2D eigenvalue weighted by atomic mass is 16.5. The van der Waals surface area contributed by atoms with Gasteiger partial charge in [-0.05, 0) is 164 Å². The standard InChI is InChI=1S/C28H38N4O3.C24H30N2O4.C5H11N/c1-4-28(30(2)3,26(33)23-9-11-25(12-10-23)31-17-19-35-20-18-31)21-22-5-7-24(8-6-22)27(34)32-15-13-29-14-16-32;1-4-24(25(2)3,17-18-5-7-20(8-6-18)23(28)29)22(27)19-9-11-21(12-10-19)26-13-15-30-16-14-26;1-2-4-6-5-3-1/h5-12,29H,4,13-21H2,1-3H3;5-12H,4,13-17H2,1-3H3,(H,28,29);6H,1-5H2. The zero-order valence-electron chi connectivity index (χ0n) is 43.2. The van der Waals surface area contributed by atoms with E-state index in [9.17, 15) is 19.2 Å².